The zero-order valence-electron chi connectivity index (χ0n) is 9.09. The van der Waals surface area contributed by atoms with Crippen LogP contribution in [-0.4, -0.2) is 27.3 Å². The summed E-state index contributed by atoms with van der Waals surface area (Å²) in [6.07, 6.45) is 5.25. The summed E-state index contributed by atoms with van der Waals surface area (Å²) in [4.78, 5) is 15.2. The van der Waals surface area contributed by atoms with E-state index in [4.69, 9.17) is 16.3 Å². The highest BCUT2D eigenvalue weighted by atomic mass is 35.5. The summed E-state index contributed by atoms with van der Waals surface area (Å²) in [5.41, 5.74) is 0.799. The third kappa shape index (κ3) is 3.04. The molecule has 0 fully saturated rings. The van der Waals surface area contributed by atoms with Gasteiger partial charge in [0.1, 0.15) is 5.00 Å². The van der Waals surface area contributed by atoms with E-state index in [1.807, 2.05) is 0 Å². The van der Waals surface area contributed by atoms with Gasteiger partial charge in [-0.15, -0.1) is 0 Å². The molecule has 0 aromatic carbocycles. The molecule has 0 amide bonds. The molecule has 7 heteroatoms. The highest BCUT2D eigenvalue weighted by Crippen LogP contribution is 2.21. The number of ether oxygens (including phenoxy) is 1. The Bertz CT molecular complexity index is 523. The van der Waals surface area contributed by atoms with E-state index in [0.717, 1.165) is 10.6 Å². The zero-order chi connectivity index (χ0) is 12.3. The maximum absolute atomic E-state index is 11.3. The topological polar surface area (TPSA) is 57.0 Å². The molecule has 2 aromatic heterocycles. The second-order valence-electron chi connectivity index (χ2n) is 3.23. The number of hydrogen-bond donors (Lipinski definition) is 0. The van der Waals surface area contributed by atoms with Gasteiger partial charge in [0, 0.05) is 11.8 Å². The second-order valence-corrected chi connectivity index (χ2v) is 4.82. The predicted octanol–water partition coefficient (Wildman–Crippen LogP) is 2.09. The van der Waals surface area contributed by atoms with Crippen molar-refractivity contribution in [3.05, 3.63) is 28.6 Å². The molecule has 0 N–H and O–H groups in total. The molecule has 0 bridgehead atoms. The molecule has 0 spiro atoms. The molecule has 0 saturated carbocycles. The van der Waals surface area contributed by atoms with E-state index in [1.165, 1.54) is 11.3 Å². The van der Waals surface area contributed by atoms with Gasteiger partial charge in [-0.3, -0.25) is 4.79 Å². The van der Waals surface area contributed by atoms with Gasteiger partial charge >= 0.3 is 5.97 Å². The number of thiazole rings is 1. The Morgan fingerprint density at radius 2 is 2.41 bits per heavy atom. The summed E-state index contributed by atoms with van der Waals surface area (Å²) in [6.45, 7) is 2.16. The number of esters is 1. The van der Waals surface area contributed by atoms with Crippen LogP contribution in [0.15, 0.2) is 18.6 Å². The Morgan fingerprint density at radius 1 is 1.59 bits per heavy atom. The summed E-state index contributed by atoms with van der Waals surface area (Å²) in [5.74, 6) is -0.255. The van der Waals surface area contributed by atoms with Crippen LogP contribution >= 0.6 is 22.9 Å². The van der Waals surface area contributed by atoms with Crippen LogP contribution in [0.3, 0.4) is 0 Å². The van der Waals surface area contributed by atoms with Crippen molar-refractivity contribution in [3.63, 3.8) is 0 Å². The van der Waals surface area contributed by atoms with Crippen molar-refractivity contribution < 1.29 is 9.53 Å². The third-order valence-electron chi connectivity index (χ3n) is 1.98. The number of nitrogens with zero attached hydrogens (tertiary/aromatic N) is 3. The highest BCUT2D eigenvalue weighted by Gasteiger charge is 2.08. The van der Waals surface area contributed by atoms with Gasteiger partial charge in [-0.1, -0.05) is 22.9 Å². The van der Waals surface area contributed by atoms with Gasteiger partial charge < -0.3 is 4.74 Å². The molecule has 17 heavy (non-hydrogen) atoms. The van der Waals surface area contributed by atoms with Crippen molar-refractivity contribution in [2.24, 2.45) is 0 Å². The van der Waals surface area contributed by atoms with E-state index in [-0.39, 0.29) is 12.4 Å². The lowest BCUT2D eigenvalue weighted by Gasteiger charge is -1.98. The van der Waals surface area contributed by atoms with Gasteiger partial charge in [0.2, 0.25) is 0 Å². The van der Waals surface area contributed by atoms with Crippen LogP contribution < -0.4 is 0 Å². The Morgan fingerprint density at radius 3 is 3.06 bits per heavy atom. The number of carbonyl (C=O) groups is 1. The molecule has 2 aromatic rings. The standard InChI is InChI=1S/C10H10ClN3O2S/c1-2-16-9(15)3-7-4-13-14(6-7)8-5-12-10(11)17-8/h4-6H,2-3H2,1H3. The molecule has 0 aliphatic carbocycles. The van der Waals surface area contributed by atoms with Crippen LogP contribution in [0.2, 0.25) is 4.47 Å². The minimum absolute atomic E-state index is 0.223. The van der Waals surface area contributed by atoms with Crippen molar-refractivity contribution in [1.82, 2.24) is 14.8 Å². The van der Waals surface area contributed by atoms with Crippen LogP contribution in [0.5, 0.6) is 0 Å². The van der Waals surface area contributed by atoms with Crippen LogP contribution in [0.1, 0.15) is 12.5 Å². The zero-order valence-corrected chi connectivity index (χ0v) is 10.7. The first-order valence-corrected chi connectivity index (χ1v) is 6.19. The second kappa shape index (κ2) is 5.29. The van der Waals surface area contributed by atoms with Crippen molar-refractivity contribution in [2.45, 2.75) is 13.3 Å². The first-order chi connectivity index (χ1) is 8.19. The Kier molecular flexibility index (Phi) is 3.75. The molecule has 0 radical (unpaired) electrons. The van der Waals surface area contributed by atoms with Crippen LogP contribution in [-0.2, 0) is 16.0 Å². The summed E-state index contributed by atoms with van der Waals surface area (Å²) in [7, 11) is 0. The number of rotatable bonds is 4. The molecule has 90 valence electrons. The number of aromatic nitrogens is 3. The van der Waals surface area contributed by atoms with E-state index < -0.39 is 0 Å². The normalized spacial score (nSPS) is 10.5. The molecular weight excluding hydrogens is 262 g/mol. The summed E-state index contributed by atoms with van der Waals surface area (Å²) in [5, 5.41) is 4.94. The highest BCUT2D eigenvalue weighted by molar-refractivity contribution is 7.18. The predicted molar refractivity (Wildman–Crippen MR) is 64.6 cm³/mol. The smallest absolute Gasteiger partial charge is 0.310 e. The van der Waals surface area contributed by atoms with Crippen molar-refractivity contribution >= 4 is 28.9 Å². The molecule has 5 nitrogen and oxygen atoms in total. The van der Waals surface area contributed by atoms with Crippen molar-refractivity contribution in [1.29, 1.82) is 0 Å². The molecule has 0 unspecified atom stereocenters. The fraction of sp³-hybridized carbons (Fsp3) is 0.300. The molecule has 2 heterocycles. The van der Waals surface area contributed by atoms with E-state index in [1.54, 1.807) is 30.2 Å². The Hall–Kier alpha value is -1.40. The lowest BCUT2D eigenvalue weighted by molar-refractivity contribution is -0.142. The summed E-state index contributed by atoms with van der Waals surface area (Å²) >= 11 is 7.06. The fourth-order valence-corrected chi connectivity index (χ4v) is 2.16. The van der Waals surface area contributed by atoms with Gasteiger partial charge in [-0.2, -0.15) is 5.10 Å². The van der Waals surface area contributed by atoms with Crippen LogP contribution in [0.4, 0.5) is 0 Å². The quantitative estimate of drug-likeness (QED) is 0.799. The van der Waals surface area contributed by atoms with E-state index >= 15 is 0 Å². The monoisotopic (exact) mass is 271 g/mol. The fourth-order valence-electron chi connectivity index (χ4n) is 1.30. The lowest BCUT2D eigenvalue weighted by Crippen LogP contribution is -2.06. The summed E-state index contributed by atoms with van der Waals surface area (Å²) in [6, 6.07) is 0. The van der Waals surface area contributed by atoms with Crippen LogP contribution in [0, 0.1) is 0 Å². The SMILES string of the molecule is CCOC(=O)Cc1cnn(-c2cnc(Cl)s2)c1. The van der Waals surface area contributed by atoms with Gasteiger partial charge in [-0.25, -0.2) is 9.67 Å². The van der Waals surface area contributed by atoms with Crippen LogP contribution in [0.25, 0.3) is 5.00 Å². The van der Waals surface area contributed by atoms with E-state index in [9.17, 15) is 4.79 Å². The Balaban J connectivity index is 2.08. The molecule has 0 atom stereocenters. The molecule has 0 aliphatic heterocycles. The average molecular weight is 272 g/mol. The minimum Gasteiger partial charge on any atom is -0.466 e. The number of halogens is 1. The maximum Gasteiger partial charge on any atom is 0.310 e. The Labute approximate surface area is 107 Å². The average Bonchev–Trinajstić information content (AvgIpc) is 2.87. The third-order valence-corrected chi connectivity index (χ3v) is 3.09. The van der Waals surface area contributed by atoms with Gasteiger partial charge in [-0.05, 0) is 6.92 Å². The number of hydrogen-bond acceptors (Lipinski definition) is 5. The molecule has 0 saturated heterocycles. The largest absolute Gasteiger partial charge is 0.466 e. The van der Waals surface area contributed by atoms with Gasteiger partial charge in [0.15, 0.2) is 4.47 Å². The first-order valence-electron chi connectivity index (χ1n) is 5.00. The number of carbonyl (C=O) groups excluding carboxylic acids is 1. The molecule has 2 rings (SSSR count). The van der Waals surface area contributed by atoms with E-state index in [0.29, 0.717) is 11.1 Å². The van der Waals surface area contributed by atoms with Crippen molar-refractivity contribution in [3.8, 4) is 5.00 Å². The molecule has 0 aliphatic rings. The van der Waals surface area contributed by atoms with Crippen molar-refractivity contribution in [2.75, 3.05) is 6.61 Å². The minimum atomic E-state index is -0.255. The maximum atomic E-state index is 11.3. The van der Waals surface area contributed by atoms with Gasteiger partial charge in [0.05, 0.1) is 25.4 Å². The van der Waals surface area contributed by atoms with Gasteiger partial charge in [0.25, 0.3) is 0 Å². The lowest BCUT2D eigenvalue weighted by atomic mass is 10.3. The van der Waals surface area contributed by atoms with E-state index in [2.05, 4.69) is 10.1 Å². The molecular formula is C10H10ClN3O2S. The summed E-state index contributed by atoms with van der Waals surface area (Å²) < 4.78 is 6.96. The first kappa shape index (κ1) is 12.1.